The van der Waals surface area contributed by atoms with Crippen molar-refractivity contribution in [1.82, 2.24) is 3.97 Å². The molecule has 3 nitrogen and oxygen atoms in total. The van der Waals surface area contributed by atoms with Crippen molar-refractivity contribution in [2.45, 2.75) is 22.5 Å². The quantitative estimate of drug-likeness (QED) is 0.422. The summed E-state index contributed by atoms with van der Waals surface area (Å²) in [4.78, 5) is 1.47. The molecule has 0 bridgehead atoms. The average Bonchev–Trinajstić information content (AvgIpc) is 2.99. The first kappa shape index (κ1) is 17.9. The van der Waals surface area contributed by atoms with Crippen LogP contribution in [0.1, 0.15) is 11.3 Å². The number of hydrogen-bond donors (Lipinski definition) is 0. The van der Waals surface area contributed by atoms with Crippen molar-refractivity contribution >= 4 is 32.7 Å². The van der Waals surface area contributed by atoms with Crippen LogP contribution in [0.25, 0.3) is 10.9 Å². The summed E-state index contributed by atoms with van der Waals surface area (Å²) >= 11 is 1.71. The van der Waals surface area contributed by atoms with Crippen LogP contribution in [0.3, 0.4) is 0 Å². The SMILES string of the molecule is Cc1c(CSc2ccccc2)c2ccccc2n1S(=O)(=O)c1ccccc1. The molecule has 136 valence electrons. The molecule has 0 saturated carbocycles. The van der Waals surface area contributed by atoms with Crippen LogP contribution in [0.5, 0.6) is 0 Å². The van der Waals surface area contributed by atoms with Gasteiger partial charge >= 0.3 is 0 Å². The Bertz CT molecular complexity index is 1180. The van der Waals surface area contributed by atoms with Crippen LogP contribution < -0.4 is 0 Å². The first-order valence-electron chi connectivity index (χ1n) is 8.66. The van der Waals surface area contributed by atoms with Crippen LogP contribution in [0, 0.1) is 6.92 Å². The van der Waals surface area contributed by atoms with Gasteiger partial charge in [0.25, 0.3) is 10.0 Å². The Hall–Kier alpha value is -2.50. The van der Waals surface area contributed by atoms with Crippen molar-refractivity contribution in [3.8, 4) is 0 Å². The van der Waals surface area contributed by atoms with E-state index in [4.69, 9.17) is 0 Å². The van der Waals surface area contributed by atoms with Gasteiger partial charge in [0.15, 0.2) is 0 Å². The van der Waals surface area contributed by atoms with Crippen LogP contribution in [-0.2, 0) is 15.8 Å². The molecule has 0 aliphatic rings. The molecule has 0 fully saturated rings. The van der Waals surface area contributed by atoms with Gasteiger partial charge in [-0.05, 0) is 42.8 Å². The smallest absolute Gasteiger partial charge is 0.238 e. The van der Waals surface area contributed by atoms with E-state index >= 15 is 0 Å². The molecule has 1 aromatic heterocycles. The van der Waals surface area contributed by atoms with Crippen LogP contribution in [0.2, 0.25) is 0 Å². The summed E-state index contributed by atoms with van der Waals surface area (Å²) in [6.45, 7) is 1.89. The standard InChI is InChI=1S/C22H19NO2S2/c1-17-21(16-26-18-10-4-2-5-11-18)20-14-8-9-15-22(20)23(17)27(24,25)19-12-6-3-7-13-19/h2-15H,16H2,1H3. The molecular weight excluding hydrogens is 374 g/mol. The third kappa shape index (κ3) is 3.29. The molecule has 5 heteroatoms. The molecule has 0 radical (unpaired) electrons. The highest BCUT2D eigenvalue weighted by Gasteiger charge is 2.24. The van der Waals surface area contributed by atoms with E-state index in [-0.39, 0.29) is 0 Å². The molecule has 4 rings (SSSR count). The zero-order chi connectivity index (χ0) is 18.9. The fraction of sp³-hybridized carbons (Fsp3) is 0.0909. The predicted octanol–water partition coefficient (Wildman–Crippen LogP) is 5.48. The van der Waals surface area contributed by atoms with E-state index in [1.807, 2.05) is 55.5 Å². The first-order valence-corrected chi connectivity index (χ1v) is 11.1. The van der Waals surface area contributed by atoms with Gasteiger partial charge in [-0.3, -0.25) is 0 Å². The lowest BCUT2D eigenvalue weighted by atomic mass is 10.1. The Balaban J connectivity index is 1.84. The third-order valence-electron chi connectivity index (χ3n) is 4.60. The van der Waals surface area contributed by atoms with Gasteiger partial charge in [0.2, 0.25) is 0 Å². The fourth-order valence-electron chi connectivity index (χ4n) is 3.27. The number of benzene rings is 3. The first-order chi connectivity index (χ1) is 13.1. The van der Waals surface area contributed by atoms with E-state index < -0.39 is 10.0 Å². The van der Waals surface area contributed by atoms with Crippen molar-refractivity contribution in [2.75, 3.05) is 0 Å². The highest BCUT2D eigenvalue weighted by Crippen LogP contribution is 2.34. The largest absolute Gasteiger partial charge is 0.268 e. The van der Waals surface area contributed by atoms with E-state index in [9.17, 15) is 8.42 Å². The van der Waals surface area contributed by atoms with Gasteiger partial charge in [-0.1, -0.05) is 54.6 Å². The number of fused-ring (bicyclic) bond motifs is 1. The molecular formula is C22H19NO2S2. The molecule has 27 heavy (non-hydrogen) atoms. The molecule has 3 aromatic carbocycles. The number of nitrogens with zero attached hydrogens (tertiary/aromatic N) is 1. The predicted molar refractivity (Wildman–Crippen MR) is 112 cm³/mol. The van der Waals surface area contributed by atoms with Crippen LogP contribution in [0.15, 0.2) is 94.7 Å². The summed E-state index contributed by atoms with van der Waals surface area (Å²) in [6.07, 6.45) is 0. The Labute approximate surface area is 163 Å². The molecule has 0 aliphatic heterocycles. The summed E-state index contributed by atoms with van der Waals surface area (Å²) in [5, 5.41) is 0.984. The van der Waals surface area contributed by atoms with E-state index in [0.29, 0.717) is 10.6 Å². The zero-order valence-corrected chi connectivity index (χ0v) is 16.5. The van der Waals surface area contributed by atoms with Gasteiger partial charge in [0.1, 0.15) is 0 Å². The fourth-order valence-corrected chi connectivity index (χ4v) is 5.89. The maximum atomic E-state index is 13.3. The van der Waals surface area contributed by atoms with Crippen molar-refractivity contribution in [1.29, 1.82) is 0 Å². The molecule has 0 saturated heterocycles. The summed E-state index contributed by atoms with van der Waals surface area (Å²) in [5.41, 5.74) is 2.55. The summed E-state index contributed by atoms with van der Waals surface area (Å²) < 4.78 is 28.1. The van der Waals surface area contributed by atoms with Gasteiger partial charge in [-0.2, -0.15) is 0 Å². The minimum atomic E-state index is -3.65. The Morgan fingerprint density at radius 2 is 1.41 bits per heavy atom. The summed E-state index contributed by atoms with van der Waals surface area (Å²) in [5.74, 6) is 0.716. The lowest BCUT2D eigenvalue weighted by molar-refractivity contribution is 0.588. The number of hydrogen-bond acceptors (Lipinski definition) is 3. The highest BCUT2D eigenvalue weighted by atomic mass is 32.2. The van der Waals surface area contributed by atoms with Crippen molar-refractivity contribution in [2.24, 2.45) is 0 Å². The second-order valence-electron chi connectivity index (χ2n) is 6.27. The average molecular weight is 394 g/mol. The van der Waals surface area contributed by atoms with Crippen LogP contribution in [0.4, 0.5) is 0 Å². The maximum absolute atomic E-state index is 13.3. The Kier molecular flexibility index (Phi) is 4.81. The maximum Gasteiger partial charge on any atom is 0.268 e. The monoisotopic (exact) mass is 393 g/mol. The normalized spacial score (nSPS) is 11.7. The van der Waals surface area contributed by atoms with E-state index in [0.717, 1.165) is 22.2 Å². The Morgan fingerprint density at radius 3 is 2.11 bits per heavy atom. The van der Waals surface area contributed by atoms with Crippen LogP contribution in [-0.4, -0.2) is 12.4 Å². The molecule has 0 aliphatic carbocycles. The van der Waals surface area contributed by atoms with Gasteiger partial charge in [0.05, 0.1) is 10.4 Å². The molecule has 0 unspecified atom stereocenters. The van der Waals surface area contributed by atoms with Gasteiger partial charge in [-0.15, -0.1) is 11.8 Å². The summed E-state index contributed by atoms with van der Waals surface area (Å²) in [7, 11) is -3.65. The van der Waals surface area contributed by atoms with Crippen molar-refractivity contribution in [3.63, 3.8) is 0 Å². The van der Waals surface area contributed by atoms with Crippen LogP contribution >= 0.6 is 11.8 Å². The van der Waals surface area contributed by atoms with Gasteiger partial charge in [-0.25, -0.2) is 12.4 Å². The number of para-hydroxylation sites is 1. The highest BCUT2D eigenvalue weighted by molar-refractivity contribution is 7.98. The second-order valence-corrected chi connectivity index (χ2v) is 9.10. The number of rotatable bonds is 5. The molecule has 4 aromatic rings. The molecule has 0 spiro atoms. The minimum absolute atomic E-state index is 0.302. The molecule has 0 amide bonds. The van der Waals surface area contributed by atoms with Crippen molar-refractivity contribution in [3.05, 3.63) is 96.2 Å². The lowest BCUT2D eigenvalue weighted by Crippen LogP contribution is -2.14. The van der Waals surface area contributed by atoms with E-state index in [1.54, 1.807) is 36.0 Å². The van der Waals surface area contributed by atoms with E-state index in [1.165, 1.54) is 8.87 Å². The second kappa shape index (κ2) is 7.25. The van der Waals surface area contributed by atoms with Crippen molar-refractivity contribution < 1.29 is 8.42 Å². The topological polar surface area (TPSA) is 39.1 Å². The van der Waals surface area contributed by atoms with Gasteiger partial charge < -0.3 is 0 Å². The minimum Gasteiger partial charge on any atom is -0.238 e. The number of aromatic nitrogens is 1. The Morgan fingerprint density at radius 1 is 0.815 bits per heavy atom. The number of thioether (sulfide) groups is 1. The lowest BCUT2D eigenvalue weighted by Gasteiger charge is -2.10. The summed E-state index contributed by atoms with van der Waals surface area (Å²) in [6, 6.07) is 26.5. The van der Waals surface area contributed by atoms with E-state index in [2.05, 4.69) is 12.1 Å². The zero-order valence-electron chi connectivity index (χ0n) is 14.9. The van der Waals surface area contributed by atoms with Gasteiger partial charge in [0, 0.05) is 21.7 Å². The molecule has 0 atom stereocenters. The molecule has 1 heterocycles. The molecule has 0 N–H and O–H groups in total. The third-order valence-corrected chi connectivity index (χ3v) is 7.45.